The van der Waals surface area contributed by atoms with Gasteiger partial charge in [-0.1, -0.05) is 13.8 Å². The number of carboxylic acids is 3. The summed E-state index contributed by atoms with van der Waals surface area (Å²) in [6, 6.07) is 1.85. The molecule has 2 aromatic heterocycles. The normalized spacial score (nSPS) is 13.3. The van der Waals surface area contributed by atoms with Crippen molar-refractivity contribution < 1.29 is 42.9 Å². The van der Waals surface area contributed by atoms with E-state index in [-0.39, 0.29) is 34.2 Å². The first-order chi connectivity index (χ1) is 19.1. The molecule has 4 rings (SSSR count). The number of aromatic nitrogens is 2. The van der Waals surface area contributed by atoms with Crippen molar-refractivity contribution in [1.29, 1.82) is 0 Å². The molecule has 1 fully saturated rings. The van der Waals surface area contributed by atoms with Crippen LogP contribution in [0.15, 0.2) is 35.3 Å². The third-order valence-corrected chi connectivity index (χ3v) is 5.98. The number of carboxylic acid groups (broad SMARTS) is 3. The minimum absolute atomic E-state index is 0.0547. The van der Waals surface area contributed by atoms with Gasteiger partial charge in [0.1, 0.15) is 11.4 Å². The van der Waals surface area contributed by atoms with Crippen LogP contribution < -0.4 is 21.4 Å². The summed E-state index contributed by atoms with van der Waals surface area (Å²) < 4.78 is 44.6. The van der Waals surface area contributed by atoms with Crippen LogP contribution >= 0.6 is 0 Å². The van der Waals surface area contributed by atoms with Crippen molar-refractivity contribution in [2.75, 3.05) is 23.7 Å². The van der Waals surface area contributed by atoms with Gasteiger partial charge in [-0.25, -0.2) is 32.5 Å². The van der Waals surface area contributed by atoms with Gasteiger partial charge >= 0.3 is 17.9 Å². The molecule has 0 spiro atoms. The van der Waals surface area contributed by atoms with Crippen LogP contribution in [0.1, 0.15) is 29.8 Å². The first-order valence-corrected chi connectivity index (χ1v) is 12.0. The lowest BCUT2D eigenvalue weighted by atomic mass is 10.00. The molecule has 0 unspecified atom stereocenters. The number of nitrogens with two attached hydrogens (primary N) is 1. The topological polar surface area (TPSA) is 188 Å². The van der Waals surface area contributed by atoms with Crippen molar-refractivity contribution in [3.8, 4) is 5.82 Å². The number of fused-ring (bicyclic) bond motifs is 1. The number of nitrogens with zero attached hydrogens (tertiary/aromatic N) is 3. The Bertz CT molecular complexity index is 1620. The Hall–Kier alpha value is -4.92. The van der Waals surface area contributed by atoms with Crippen LogP contribution in [0.2, 0.25) is 0 Å². The molecule has 0 atom stereocenters. The van der Waals surface area contributed by atoms with Crippen LogP contribution in [0.3, 0.4) is 0 Å². The third kappa shape index (κ3) is 6.63. The highest BCUT2D eigenvalue weighted by Crippen LogP contribution is 2.34. The maximum Gasteiger partial charge on any atom is 0.341 e. The number of carbonyl (C=O) groups is 3. The molecule has 1 aliphatic heterocycles. The highest BCUT2D eigenvalue weighted by atomic mass is 19.1. The van der Waals surface area contributed by atoms with Crippen LogP contribution in [-0.4, -0.2) is 68.0 Å². The summed E-state index contributed by atoms with van der Waals surface area (Å²) in [4.78, 5) is 49.1. The first kappa shape index (κ1) is 30.6. The average molecular weight is 578 g/mol. The highest BCUT2D eigenvalue weighted by molar-refractivity contribution is 5.96. The standard InChI is InChI=1S/C22H22F3N5O3.C4H4O4/c1-9(2)27-11-6-29(7-11)18-10(3)17-12(4-14(18)23)19(31)13(22(32)33)8-30(17)21-16(25)5-15(24)20(26)28-21;5-3(6)1-2-4(7)8/h4-5,8-9,11,27H,6-7H2,1-3H3,(H2,26,28)(H,32,33);1-2H,(H,5,6)(H,7,8)/b;2-1-. The molecule has 3 heterocycles. The maximum atomic E-state index is 15.2. The second-order valence-electron chi connectivity index (χ2n) is 9.37. The van der Waals surface area contributed by atoms with Crippen molar-refractivity contribution in [2.24, 2.45) is 0 Å². The number of rotatable bonds is 7. The number of nitrogen functional groups attached to an aromatic ring is 1. The number of aryl methyl sites for hydroxylation is 1. The molecule has 12 nitrogen and oxygen atoms in total. The van der Waals surface area contributed by atoms with Crippen molar-refractivity contribution in [3.63, 3.8) is 0 Å². The van der Waals surface area contributed by atoms with E-state index in [1.165, 1.54) is 0 Å². The van der Waals surface area contributed by atoms with Gasteiger partial charge in [-0.2, -0.15) is 0 Å². The molecule has 0 radical (unpaired) electrons. The molecule has 0 aliphatic carbocycles. The highest BCUT2D eigenvalue weighted by Gasteiger charge is 2.32. The van der Waals surface area contributed by atoms with Crippen LogP contribution in [-0.2, 0) is 9.59 Å². The number of aromatic carboxylic acids is 1. The lowest BCUT2D eigenvalue weighted by molar-refractivity contribution is -0.134. The van der Waals surface area contributed by atoms with E-state index in [0.29, 0.717) is 31.3 Å². The molecule has 15 heteroatoms. The quantitative estimate of drug-likeness (QED) is 0.259. The SMILES string of the molecule is Cc1c(N2CC(NC(C)C)C2)c(F)cc2c(=O)c(C(=O)O)cn(-c3nc(N)c(F)cc3F)c12.O=C(O)/C=C\C(=O)O. The molecule has 218 valence electrons. The second kappa shape index (κ2) is 12.1. The van der Waals surface area contributed by atoms with Gasteiger partial charge in [0, 0.05) is 55.2 Å². The van der Waals surface area contributed by atoms with E-state index in [4.69, 9.17) is 15.9 Å². The Morgan fingerprint density at radius 3 is 2.15 bits per heavy atom. The summed E-state index contributed by atoms with van der Waals surface area (Å²) in [5.41, 5.74) is 4.40. The van der Waals surface area contributed by atoms with Gasteiger partial charge in [-0.05, 0) is 13.0 Å². The molecule has 0 saturated carbocycles. The Labute approximate surface area is 230 Å². The predicted molar refractivity (Wildman–Crippen MR) is 142 cm³/mol. The number of aliphatic carboxylic acids is 2. The average Bonchev–Trinajstić information content (AvgIpc) is 2.84. The lowest BCUT2D eigenvalue weighted by Gasteiger charge is -2.43. The van der Waals surface area contributed by atoms with E-state index in [0.717, 1.165) is 16.8 Å². The molecular formula is C26H26F3N5O7. The smallest absolute Gasteiger partial charge is 0.341 e. The molecule has 3 aromatic rings. The van der Waals surface area contributed by atoms with Gasteiger partial charge in [0.25, 0.3) is 0 Å². The summed E-state index contributed by atoms with van der Waals surface area (Å²) >= 11 is 0. The van der Waals surface area contributed by atoms with Crippen molar-refractivity contribution in [3.05, 3.63) is 69.3 Å². The minimum Gasteiger partial charge on any atom is -0.478 e. The summed E-state index contributed by atoms with van der Waals surface area (Å²) in [5.74, 6) is -8.14. The van der Waals surface area contributed by atoms with E-state index >= 15 is 4.39 Å². The number of benzene rings is 1. The molecule has 6 N–H and O–H groups in total. The summed E-state index contributed by atoms with van der Waals surface area (Å²) in [6.07, 6.45) is 2.01. The molecule has 1 aromatic carbocycles. The van der Waals surface area contributed by atoms with Crippen molar-refractivity contribution in [1.82, 2.24) is 14.9 Å². The van der Waals surface area contributed by atoms with Crippen LogP contribution in [0.4, 0.5) is 24.7 Å². The van der Waals surface area contributed by atoms with Gasteiger partial charge < -0.3 is 31.3 Å². The van der Waals surface area contributed by atoms with Crippen LogP contribution in [0, 0.1) is 24.4 Å². The zero-order valence-corrected chi connectivity index (χ0v) is 22.0. The van der Waals surface area contributed by atoms with E-state index < -0.39 is 58.0 Å². The van der Waals surface area contributed by atoms with Crippen molar-refractivity contribution >= 4 is 40.3 Å². The zero-order valence-electron chi connectivity index (χ0n) is 22.0. The molecule has 1 aliphatic rings. The summed E-state index contributed by atoms with van der Waals surface area (Å²) in [5, 5.41) is 28.2. The number of hydrogen-bond acceptors (Lipinski definition) is 8. The summed E-state index contributed by atoms with van der Waals surface area (Å²) in [6.45, 7) is 6.56. The van der Waals surface area contributed by atoms with E-state index in [1.54, 1.807) is 11.8 Å². The number of nitrogens with one attached hydrogen (secondary N) is 1. The van der Waals surface area contributed by atoms with Gasteiger partial charge in [0.15, 0.2) is 23.3 Å². The van der Waals surface area contributed by atoms with Gasteiger partial charge in [-0.15, -0.1) is 0 Å². The number of pyridine rings is 2. The predicted octanol–water partition coefficient (Wildman–Crippen LogP) is 2.29. The van der Waals surface area contributed by atoms with Gasteiger partial charge in [0.05, 0.1) is 16.6 Å². The van der Waals surface area contributed by atoms with E-state index in [9.17, 15) is 33.1 Å². The zero-order chi connectivity index (χ0) is 30.8. The fourth-order valence-corrected chi connectivity index (χ4v) is 4.37. The first-order valence-electron chi connectivity index (χ1n) is 12.0. The fourth-order valence-electron chi connectivity index (χ4n) is 4.37. The molecule has 0 amide bonds. The van der Waals surface area contributed by atoms with E-state index in [2.05, 4.69) is 10.3 Å². The second-order valence-corrected chi connectivity index (χ2v) is 9.37. The molecule has 0 bridgehead atoms. The fraction of sp³-hybridized carbons (Fsp3) is 0.269. The van der Waals surface area contributed by atoms with Gasteiger partial charge in [-0.3, -0.25) is 9.36 Å². The monoisotopic (exact) mass is 577 g/mol. The summed E-state index contributed by atoms with van der Waals surface area (Å²) in [7, 11) is 0. The maximum absolute atomic E-state index is 15.2. The molecule has 1 saturated heterocycles. The number of halogens is 3. The van der Waals surface area contributed by atoms with Crippen molar-refractivity contribution in [2.45, 2.75) is 32.9 Å². The minimum atomic E-state index is -1.58. The molecular weight excluding hydrogens is 551 g/mol. The Morgan fingerprint density at radius 1 is 1.05 bits per heavy atom. The Kier molecular flexibility index (Phi) is 9.02. The van der Waals surface area contributed by atoms with Crippen LogP contribution in [0.5, 0.6) is 0 Å². The largest absolute Gasteiger partial charge is 0.478 e. The van der Waals surface area contributed by atoms with Crippen LogP contribution in [0.25, 0.3) is 16.7 Å². The van der Waals surface area contributed by atoms with Gasteiger partial charge in [0.2, 0.25) is 5.43 Å². The number of anilines is 2. The molecule has 41 heavy (non-hydrogen) atoms. The van der Waals surface area contributed by atoms with E-state index in [1.807, 2.05) is 13.8 Å². The Balaban J connectivity index is 0.000000507. The Morgan fingerprint density at radius 2 is 1.63 bits per heavy atom. The number of hydrogen-bond donors (Lipinski definition) is 5. The lowest BCUT2D eigenvalue weighted by Crippen LogP contribution is -2.60. The third-order valence-electron chi connectivity index (χ3n) is 5.98.